The molecule has 0 aromatic heterocycles. The number of nitro benzene ring substituents is 1. The number of hydrogen-bond donors (Lipinski definition) is 1. The van der Waals surface area contributed by atoms with Gasteiger partial charge in [0, 0.05) is 24.4 Å². The number of nitrogens with two attached hydrogens (primary N) is 1. The van der Waals surface area contributed by atoms with Crippen LogP contribution in [0.5, 0.6) is 0 Å². The van der Waals surface area contributed by atoms with E-state index in [0.717, 1.165) is 38.4 Å². The monoisotopic (exact) mass is 345 g/mol. The number of anilines is 1. The van der Waals surface area contributed by atoms with Gasteiger partial charge in [0.2, 0.25) is 10.0 Å². The number of primary sulfonamides is 1. The topological polar surface area (TPSA) is 107 Å². The van der Waals surface area contributed by atoms with Crippen molar-refractivity contribution in [1.82, 2.24) is 0 Å². The predicted molar refractivity (Wildman–Crippen MR) is 87.8 cm³/mol. The number of hydrogen-bond acceptors (Lipinski definition) is 6. The maximum Gasteiger partial charge on any atom is 0.293 e. The molecular formula is C13H19N3O4S2. The highest BCUT2D eigenvalue weighted by Crippen LogP contribution is 2.33. The third-order valence-electron chi connectivity index (χ3n) is 3.77. The third-order valence-corrected chi connectivity index (χ3v) is 5.74. The molecule has 1 fully saturated rings. The standard InChI is InChI=1S/C13H19N3O4S2/c1-21-10-4-2-3-7-15(9-10)12-6-5-11(22(14,19)20)8-13(12)16(17)18/h5-6,8,10H,2-4,7,9H2,1H3,(H2,14,19,20). The normalized spacial score (nSPS) is 19.7. The lowest BCUT2D eigenvalue weighted by molar-refractivity contribution is -0.384. The first-order valence-electron chi connectivity index (χ1n) is 6.92. The molecule has 1 aromatic carbocycles. The van der Waals surface area contributed by atoms with Crippen LogP contribution in [-0.4, -0.2) is 37.9 Å². The summed E-state index contributed by atoms with van der Waals surface area (Å²) in [6, 6.07) is 3.86. The molecule has 1 atom stereocenters. The van der Waals surface area contributed by atoms with Crippen LogP contribution in [0.15, 0.2) is 23.1 Å². The fraction of sp³-hybridized carbons (Fsp3) is 0.538. The van der Waals surface area contributed by atoms with Crippen LogP contribution in [0.4, 0.5) is 11.4 Å². The van der Waals surface area contributed by atoms with Gasteiger partial charge in [-0.3, -0.25) is 10.1 Å². The minimum absolute atomic E-state index is 0.215. The van der Waals surface area contributed by atoms with Gasteiger partial charge in [-0.15, -0.1) is 0 Å². The summed E-state index contributed by atoms with van der Waals surface area (Å²) in [5, 5.41) is 16.8. The molecule has 9 heteroatoms. The Bertz CT molecular complexity index is 663. The van der Waals surface area contributed by atoms with E-state index in [2.05, 4.69) is 0 Å². The number of thioether (sulfide) groups is 1. The van der Waals surface area contributed by atoms with Crippen molar-refractivity contribution >= 4 is 33.2 Å². The molecule has 0 saturated carbocycles. The van der Waals surface area contributed by atoms with Crippen LogP contribution in [0, 0.1) is 10.1 Å². The van der Waals surface area contributed by atoms with Gasteiger partial charge in [-0.05, 0) is 31.2 Å². The predicted octanol–water partition coefficient (Wildman–Crippen LogP) is 1.96. The molecule has 1 aromatic rings. The molecule has 22 heavy (non-hydrogen) atoms. The summed E-state index contributed by atoms with van der Waals surface area (Å²) in [5.41, 5.74) is 0.242. The van der Waals surface area contributed by atoms with Crippen LogP contribution in [0.25, 0.3) is 0 Å². The summed E-state index contributed by atoms with van der Waals surface area (Å²) in [6.45, 7) is 1.45. The van der Waals surface area contributed by atoms with Gasteiger partial charge in [0.15, 0.2) is 0 Å². The van der Waals surface area contributed by atoms with E-state index in [0.29, 0.717) is 10.9 Å². The van der Waals surface area contributed by atoms with E-state index in [9.17, 15) is 18.5 Å². The average Bonchev–Trinajstić information content (AvgIpc) is 2.71. The number of benzene rings is 1. The van der Waals surface area contributed by atoms with Crippen molar-refractivity contribution in [3.63, 3.8) is 0 Å². The molecule has 0 spiro atoms. The largest absolute Gasteiger partial charge is 0.365 e. The zero-order chi connectivity index (χ0) is 16.3. The highest BCUT2D eigenvalue weighted by Gasteiger charge is 2.25. The molecule has 0 radical (unpaired) electrons. The second kappa shape index (κ2) is 6.84. The van der Waals surface area contributed by atoms with Crippen LogP contribution in [0.1, 0.15) is 19.3 Å². The Balaban J connectivity index is 2.43. The summed E-state index contributed by atoms with van der Waals surface area (Å²) < 4.78 is 22.8. The molecule has 0 aliphatic carbocycles. The first-order chi connectivity index (χ1) is 10.3. The van der Waals surface area contributed by atoms with E-state index in [1.54, 1.807) is 11.8 Å². The summed E-state index contributed by atoms with van der Waals surface area (Å²) in [6.07, 6.45) is 5.17. The lowest BCUT2D eigenvalue weighted by Gasteiger charge is -2.25. The van der Waals surface area contributed by atoms with E-state index in [-0.39, 0.29) is 10.6 Å². The van der Waals surface area contributed by atoms with Crippen molar-refractivity contribution in [2.24, 2.45) is 5.14 Å². The van der Waals surface area contributed by atoms with Gasteiger partial charge in [-0.25, -0.2) is 13.6 Å². The van der Waals surface area contributed by atoms with Crippen LogP contribution in [-0.2, 0) is 10.0 Å². The smallest absolute Gasteiger partial charge is 0.293 e. The van der Waals surface area contributed by atoms with Crippen molar-refractivity contribution < 1.29 is 13.3 Å². The molecular weight excluding hydrogens is 326 g/mol. The summed E-state index contributed by atoms with van der Waals surface area (Å²) in [5.74, 6) is 0. The second-order valence-corrected chi connectivity index (χ2v) is 7.95. The van der Waals surface area contributed by atoms with E-state index >= 15 is 0 Å². The van der Waals surface area contributed by atoms with Crippen molar-refractivity contribution in [2.75, 3.05) is 24.2 Å². The molecule has 2 rings (SSSR count). The van der Waals surface area contributed by atoms with Crippen LogP contribution in [0.3, 0.4) is 0 Å². The second-order valence-electron chi connectivity index (χ2n) is 5.25. The van der Waals surface area contributed by atoms with Crippen molar-refractivity contribution in [2.45, 2.75) is 29.4 Å². The summed E-state index contributed by atoms with van der Waals surface area (Å²) >= 11 is 1.75. The zero-order valence-corrected chi connectivity index (χ0v) is 13.9. The zero-order valence-electron chi connectivity index (χ0n) is 12.3. The molecule has 2 N–H and O–H groups in total. The van der Waals surface area contributed by atoms with E-state index in [4.69, 9.17) is 5.14 Å². The Morgan fingerprint density at radius 1 is 1.41 bits per heavy atom. The third kappa shape index (κ3) is 3.90. The molecule has 1 unspecified atom stereocenters. The lowest BCUT2D eigenvalue weighted by Crippen LogP contribution is -2.30. The number of sulfonamides is 1. The minimum atomic E-state index is -3.96. The Hall–Kier alpha value is -1.32. The molecule has 1 aliphatic heterocycles. The van der Waals surface area contributed by atoms with Gasteiger partial charge >= 0.3 is 0 Å². The number of nitro groups is 1. The van der Waals surface area contributed by atoms with Gasteiger partial charge < -0.3 is 4.90 Å². The maximum atomic E-state index is 11.4. The van der Waals surface area contributed by atoms with E-state index in [1.807, 2.05) is 11.2 Å². The van der Waals surface area contributed by atoms with Gasteiger partial charge in [-0.2, -0.15) is 11.8 Å². The van der Waals surface area contributed by atoms with Crippen LogP contribution in [0.2, 0.25) is 0 Å². The van der Waals surface area contributed by atoms with Crippen LogP contribution < -0.4 is 10.0 Å². The van der Waals surface area contributed by atoms with Crippen molar-refractivity contribution in [3.8, 4) is 0 Å². The molecule has 122 valence electrons. The number of rotatable bonds is 4. The summed E-state index contributed by atoms with van der Waals surface area (Å²) in [4.78, 5) is 12.5. The van der Waals surface area contributed by atoms with Gasteiger partial charge in [0.25, 0.3) is 5.69 Å². The quantitative estimate of drug-likeness (QED) is 0.660. The molecule has 1 aliphatic rings. The molecule has 1 saturated heterocycles. The van der Waals surface area contributed by atoms with E-state index < -0.39 is 14.9 Å². The Morgan fingerprint density at radius 2 is 2.14 bits per heavy atom. The molecule has 0 amide bonds. The maximum absolute atomic E-state index is 11.4. The van der Waals surface area contributed by atoms with Gasteiger partial charge in [-0.1, -0.05) is 6.42 Å². The lowest BCUT2D eigenvalue weighted by atomic mass is 10.2. The fourth-order valence-electron chi connectivity index (χ4n) is 2.61. The Morgan fingerprint density at radius 3 is 2.73 bits per heavy atom. The van der Waals surface area contributed by atoms with Crippen LogP contribution >= 0.6 is 11.8 Å². The summed E-state index contributed by atoms with van der Waals surface area (Å²) in [7, 11) is -3.96. The van der Waals surface area contributed by atoms with Crippen molar-refractivity contribution in [3.05, 3.63) is 28.3 Å². The first kappa shape index (κ1) is 17.0. The molecule has 0 bridgehead atoms. The van der Waals surface area contributed by atoms with E-state index in [1.165, 1.54) is 12.1 Å². The van der Waals surface area contributed by atoms with Gasteiger partial charge in [0.1, 0.15) is 5.69 Å². The van der Waals surface area contributed by atoms with Gasteiger partial charge in [0.05, 0.1) is 9.82 Å². The number of nitrogens with zero attached hydrogens (tertiary/aromatic N) is 2. The highest BCUT2D eigenvalue weighted by atomic mass is 32.2. The molecule has 1 heterocycles. The minimum Gasteiger partial charge on any atom is -0.365 e. The van der Waals surface area contributed by atoms with Crippen molar-refractivity contribution in [1.29, 1.82) is 0 Å². The average molecular weight is 345 g/mol. The SMILES string of the molecule is CSC1CCCCN(c2ccc(S(N)(=O)=O)cc2[N+](=O)[O-])C1. The Labute approximate surface area is 134 Å². The first-order valence-corrected chi connectivity index (χ1v) is 9.75. The highest BCUT2D eigenvalue weighted by molar-refractivity contribution is 7.99. The molecule has 7 nitrogen and oxygen atoms in total. The Kier molecular flexibility index (Phi) is 5.30. The fourth-order valence-corrected chi connectivity index (χ4v) is 3.87.